The van der Waals surface area contributed by atoms with Crippen LogP contribution >= 0.6 is 11.6 Å². The molecule has 0 aliphatic carbocycles. The molecule has 6 nitrogen and oxygen atoms in total. The van der Waals surface area contributed by atoms with Crippen LogP contribution in [0.25, 0.3) is 0 Å². The Kier molecular flexibility index (Phi) is 3.96. The summed E-state index contributed by atoms with van der Waals surface area (Å²) in [6, 6.07) is 1.32. The second kappa shape index (κ2) is 5.34. The minimum atomic E-state index is -3.03. The second-order valence-electron chi connectivity index (χ2n) is 4.29. The molecule has 1 aromatic heterocycles. The number of sulfone groups is 1. The summed E-state index contributed by atoms with van der Waals surface area (Å²) in [5.41, 5.74) is -0.0289. The maximum atomic E-state index is 11.5. The number of pyridine rings is 1. The van der Waals surface area contributed by atoms with Crippen molar-refractivity contribution >= 4 is 33.2 Å². The van der Waals surface area contributed by atoms with Gasteiger partial charge in [0.15, 0.2) is 9.84 Å². The minimum absolute atomic E-state index is 0.0289. The summed E-state index contributed by atoms with van der Waals surface area (Å²) >= 11 is 6.03. The smallest absolute Gasteiger partial charge is 0.337 e. The lowest BCUT2D eigenvalue weighted by molar-refractivity contribution is 0.0697. The van der Waals surface area contributed by atoms with Crippen LogP contribution in [0.2, 0.25) is 5.02 Å². The van der Waals surface area contributed by atoms with Gasteiger partial charge in [-0.3, -0.25) is 0 Å². The highest BCUT2D eigenvalue weighted by atomic mass is 35.5. The van der Waals surface area contributed by atoms with Gasteiger partial charge < -0.3 is 10.0 Å². The molecule has 2 rings (SSSR count). The topological polar surface area (TPSA) is 87.6 Å². The van der Waals surface area contributed by atoms with Crippen molar-refractivity contribution in [1.82, 2.24) is 4.98 Å². The Morgan fingerprint density at radius 2 is 2.11 bits per heavy atom. The molecule has 0 radical (unpaired) electrons. The SMILES string of the molecule is O=C(O)c1ccnc(N2CCCS(=O)(=O)CC2)c1Cl. The van der Waals surface area contributed by atoms with Crippen molar-refractivity contribution in [2.75, 3.05) is 29.5 Å². The number of hydrogen-bond donors (Lipinski definition) is 1. The zero-order chi connectivity index (χ0) is 14.0. The molecule has 1 aliphatic rings. The third kappa shape index (κ3) is 3.16. The molecule has 0 atom stereocenters. The maximum Gasteiger partial charge on any atom is 0.337 e. The third-order valence-corrected chi connectivity index (χ3v) is 5.04. The highest BCUT2D eigenvalue weighted by Crippen LogP contribution is 2.27. The van der Waals surface area contributed by atoms with Gasteiger partial charge in [-0.15, -0.1) is 0 Å². The van der Waals surface area contributed by atoms with Gasteiger partial charge in [-0.05, 0) is 12.5 Å². The normalized spacial score (nSPS) is 18.9. The largest absolute Gasteiger partial charge is 0.478 e. The predicted molar refractivity (Wildman–Crippen MR) is 71.7 cm³/mol. The van der Waals surface area contributed by atoms with Crippen LogP contribution in [0.5, 0.6) is 0 Å². The van der Waals surface area contributed by atoms with E-state index in [1.54, 1.807) is 4.90 Å². The first kappa shape index (κ1) is 14.1. The van der Waals surface area contributed by atoms with Gasteiger partial charge in [0.1, 0.15) is 5.82 Å². The summed E-state index contributed by atoms with van der Waals surface area (Å²) in [6.07, 6.45) is 1.85. The fourth-order valence-electron chi connectivity index (χ4n) is 1.97. The lowest BCUT2D eigenvalue weighted by Gasteiger charge is -2.22. The Bertz CT molecular complexity index is 603. The summed E-state index contributed by atoms with van der Waals surface area (Å²) in [5.74, 6) is -0.628. The first-order chi connectivity index (χ1) is 8.91. The van der Waals surface area contributed by atoms with E-state index >= 15 is 0 Å². The number of anilines is 1. The molecule has 19 heavy (non-hydrogen) atoms. The average Bonchev–Trinajstić information content (AvgIpc) is 2.50. The van der Waals surface area contributed by atoms with Crippen molar-refractivity contribution in [3.8, 4) is 0 Å². The number of aromatic nitrogens is 1. The van der Waals surface area contributed by atoms with E-state index in [2.05, 4.69) is 4.98 Å². The number of rotatable bonds is 2. The number of hydrogen-bond acceptors (Lipinski definition) is 5. The van der Waals surface area contributed by atoms with E-state index in [0.29, 0.717) is 18.8 Å². The van der Waals surface area contributed by atoms with E-state index in [0.717, 1.165) is 0 Å². The van der Waals surface area contributed by atoms with Crippen molar-refractivity contribution in [3.63, 3.8) is 0 Å². The Labute approximate surface area is 115 Å². The minimum Gasteiger partial charge on any atom is -0.478 e. The number of aromatic carboxylic acids is 1. The predicted octanol–water partition coefficient (Wildman–Crippen LogP) is 1.06. The number of nitrogens with zero attached hydrogens (tertiary/aromatic N) is 2. The summed E-state index contributed by atoms with van der Waals surface area (Å²) in [6.45, 7) is 0.771. The molecular weight excluding hydrogens is 292 g/mol. The van der Waals surface area contributed by atoms with Crippen LogP contribution < -0.4 is 4.90 Å². The molecule has 1 aromatic rings. The number of carboxylic acid groups (broad SMARTS) is 1. The number of carbonyl (C=O) groups is 1. The van der Waals surface area contributed by atoms with Gasteiger partial charge in [0.2, 0.25) is 0 Å². The van der Waals surface area contributed by atoms with Gasteiger partial charge in [-0.2, -0.15) is 0 Å². The van der Waals surface area contributed by atoms with Crippen molar-refractivity contribution in [1.29, 1.82) is 0 Å². The lowest BCUT2D eigenvalue weighted by atomic mass is 10.2. The second-order valence-corrected chi connectivity index (χ2v) is 6.98. The molecule has 0 aromatic carbocycles. The van der Waals surface area contributed by atoms with E-state index in [4.69, 9.17) is 16.7 Å². The van der Waals surface area contributed by atoms with Crippen LogP contribution in [0.1, 0.15) is 16.8 Å². The van der Waals surface area contributed by atoms with Crippen molar-refractivity contribution in [2.45, 2.75) is 6.42 Å². The van der Waals surface area contributed by atoms with Gasteiger partial charge >= 0.3 is 5.97 Å². The van der Waals surface area contributed by atoms with E-state index in [-0.39, 0.29) is 28.6 Å². The molecule has 0 amide bonds. The molecule has 0 unspecified atom stereocenters. The molecule has 1 fully saturated rings. The van der Waals surface area contributed by atoms with Gasteiger partial charge in [0.25, 0.3) is 0 Å². The zero-order valence-electron chi connectivity index (χ0n) is 10.0. The fraction of sp³-hybridized carbons (Fsp3) is 0.455. The van der Waals surface area contributed by atoms with Crippen LogP contribution in [-0.2, 0) is 9.84 Å². The Morgan fingerprint density at radius 3 is 2.79 bits per heavy atom. The Morgan fingerprint density at radius 1 is 1.37 bits per heavy atom. The Balaban J connectivity index is 2.32. The summed E-state index contributed by atoms with van der Waals surface area (Å²) in [4.78, 5) is 16.8. The summed E-state index contributed by atoms with van der Waals surface area (Å²) in [7, 11) is -3.03. The zero-order valence-corrected chi connectivity index (χ0v) is 11.6. The maximum absolute atomic E-state index is 11.5. The van der Waals surface area contributed by atoms with Gasteiger partial charge in [0.05, 0.1) is 22.1 Å². The fourth-order valence-corrected chi connectivity index (χ4v) is 3.55. The molecule has 0 saturated carbocycles. The third-order valence-electron chi connectivity index (χ3n) is 2.96. The molecular formula is C11H13ClN2O4S. The molecule has 1 saturated heterocycles. The van der Waals surface area contributed by atoms with Crippen LogP contribution in [0, 0.1) is 0 Å². The van der Waals surface area contributed by atoms with Crippen LogP contribution in [-0.4, -0.2) is 49.1 Å². The molecule has 8 heteroatoms. The van der Waals surface area contributed by atoms with E-state index in [1.165, 1.54) is 12.3 Å². The molecule has 0 spiro atoms. The van der Waals surface area contributed by atoms with Crippen LogP contribution in [0.4, 0.5) is 5.82 Å². The number of carboxylic acids is 1. The van der Waals surface area contributed by atoms with E-state index < -0.39 is 15.8 Å². The van der Waals surface area contributed by atoms with Crippen molar-refractivity contribution < 1.29 is 18.3 Å². The molecule has 2 heterocycles. The Hall–Kier alpha value is -1.34. The molecule has 1 N–H and O–H groups in total. The summed E-state index contributed by atoms with van der Waals surface area (Å²) < 4.78 is 23.1. The standard InChI is InChI=1S/C11H13ClN2O4S/c12-9-8(11(15)16)2-3-13-10(9)14-4-1-6-19(17,18)7-5-14/h2-3H,1,4-7H2,(H,15,16). The van der Waals surface area contributed by atoms with Crippen LogP contribution in [0.15, 0.2) is 12.3 Å². The van der Waals surface area contributed by atoms with Gasteiger partial charge in [-0.25, -0.2) is 18.2 Å². The van der Waals surface area contributed by atoms with E-state index in [1.807, 2.05) is 0 Å². The monoisotopic (exact) mass is 304 g/mol. The van der Waals surface area contributed by atoms with Crippen LogP contribution in [0.3, 0.4) is 0 Å². The van der Waals surface area contributed by atoms with E-state index in [9.17, 15) is 13.2 Å². The molecule has 0 bridgehead atoms. The highest BCUT2D eigenvalue weighted by Gasteiger charge is 2.23. The lowest BCUT2D eigenvalue weighted by Crippen LogP contribution is -2.28. The first-order valence-corrected chi connectivity index (χ1v) is 7.94. The van der Waals surface area contributed by atoms with Gasteiger partial charge in [0, 0.05) is 19.3 Å². The van der Waals surface area contributed by atoms with Crippen molar-refractivity contribution in [2.24, 2.45) is 0 Å². The van der Waals surface area contributed by atoms with Gasteiger partial charge in [-0.1, -0.05) is 11.6 Å². The average molecular weight is 305 g/mol. The summed E-state index contributed by atoms with van der Waals surface area (Å²) in [5, 5.41) is 9.05. The quantitative estimate of drug-likeness (QED) is 0.879. The number of halogens is 1. The molecule has 104 valence electrons. The first-order valence-electron chi connectivity index (χ1n) is 5.74. The molecule has 1 aliphatic heterocycles. The van der Waals surface area contributed by atoms with Crippen molar-refractivity contribution in [3.05, 3.63) is 22.8 Å². The highest BCUT2D eigenvalue weighted by molar-refractivity contribution is 7.91.